The monoisotopic (exact) mass is 262 g/mol. The summed E-state index contributed by atoms with van der Waals surface area (Å²) in [5.41, 5.74) is 8.06. The number of hydrogen-bond donors (Lipinski definition) is 1. The first-order chi connectivity index (χ1) is 9.28. The predicted molar refractivity (Wildman–Crippen MR) is 77.1 cm³/mol. The SMILES string of the molecule is CCCC1CCN(c2cc3c(cc2N)OCCO3)C1. The number of anilines is 2. The molecule has 2 N–H and O–H groups in total. The van der Waals surface area contributed by atoms with Gasteiger partial charge in [0.15, 0.2) is 11.5 Å². The average molecular weight is 262 g/mol. The van der Waals surface area contributed by atoms with E-state index in [1.165, 1.54) is 19.3 Å². The number of fused-ring (bicyclic) bond motifs is 1. The molecule has 0 amide bonds. The highest BCUT2D eigenvalue weighted by Gasteiger charge is 2.25. The molecule has 0 aromatic heterocycles. The fourth-order valence-electron chi connectivity index (χ4n) is 3.06. The Balaban J connectivity index is 1.81. The highest BCUT2D eigenvalue weighted by molar-refractivity contribution is 5.73. The Bertz CT molecular complexity index is 462. The van der Waals surface area contributed by atoms with Crippen molar-refractivity contribution in [3.05, 3.63) is 12.1 Å². The van der Waals surface area contributed by atoms with Crippen LogP contribution in [0.15, 0.2) is 12.1 Å². The number of nitrogens with two attached hydrogens (primary N) is 1. The summed E-state index contributed by atoms with van der Waals surface area (Å²) >= 11 is 0. The van der Waals surface area contributed by atoms with Crippen LogP contribution >= 0.6 is 0 Å². The number of nitrogens with zero attached hydrogens (tertiary/aromatic N) is 1. The van der Waals surface area contributed by atoms with Crippen molar-refractivity contribution in [2.24, 2.45) is 5.92 Å². The summed E-state index contributed by atoms with van der Waals surface area (Å²) in [7, 11) is 0. The van der Waals surface area contributed by atoms with Crippen molar-refractivity contribution in [2.45, 2.75) is 26.2 Å². The molecular formula is C15H22N2O2. The third-order valence-electron chi connectivity index (χ3n) is 4.01. The van der Waals surface area contributed by atoms with E-state index in [0.717, 1.165) is 41.9 Å². The molecule has 1 aromatic carbocycles. The fraction of sp³-hybridized carbons (Fsp3) is 0.600. The van der Waals surface area contributed by atoms with E-state index in [9.17, 15) is 0 Å². The summed E-state index contributed by atoms with van der Waals surface area (Å²) < 4.78 is 11.2. The van der Waals surface area contributed by atoms with E-state index >= 15 is 0 Å². The van der Waals surface area contributed by atoms with Gasteiger partial charge < -0.3 is 20.1 Å². The Morgan fingerprint density at radius 1 is 1.26 bits per heavy atom. The smallest absolute Gasteiger partial charge is 0.163 e. The summed E-state index contributed by atoms with van der Waals surface area (Å²) in [5, 5.41) is 0. The zero-order valence-corrected chi connectivity index (χ0v) is 11.5. The molecule has 0 bridgehead atoms. The molecule has 2 aliphatic heterocycles. The van der Waals surface area contributed by atoms with Crippen LogP contribution in [0.4, 0.5) is 11.4 Å². The van der Waals surface area contributed by atoms with Crippen LogP contribution < -0.4 is 20.1 Å². The van der Waals surface area contributed by atoms with E-state index in [4.69, 9.17) is 15.2 Å². The lowest BCUT2D eigenvalue weighted by atomic mass is 10.0. The molecule has 4 nitrogen and oxygen atoms in total. The molecule has 0 radical (unpaired) electrons. The minimum absolute atomic E-state index is 0.605. The molecule has 19 heavy (non-hydrogen) atoms. The van der Waals surface area contributed by atoms with Crippen LogP contribution in [0.1, 0.15) is 26.2 Å². The second kappa shape index (κ2) is 5.19. The second-order valence-corrected chi connectivity index (χ2v) is 5.44. The minimum atomic E-state index is 0.605. The highest BCUT2D eigenvalue weighted by Crippen LogP contribution is 2.40. The average Bonchev–Trinajstić information content (AvgIpc) is 2.87. The van der Waals surface area contributed by atoms with E-state index < -0.39 is 0 Å². The van der Waals surface area contributed by atoms with Crippen molar-refractivity contribution in [3.8, 4) is 11.5 Å². The van der Waals surface area contributed by atoms with Gasteiger partial charge in [0, 0.05) is 25.2 Å². The lowest BCUT2D eigenvalue weighted by Crippen LogP contribution is -2.22. The van der Waals surface area contributed by atoms with Crippen molar-refractivity contribution in [3.63, 3.8) is 0 Å². The van der Waals surface area contributed by atoms with Gasteiger partial charge in [-0.3, -0.25) is 0 Å². The molecule has 1 aromatic rings. The minimum Gasteiger partial charge on any atom is -0.486 e. The largest absolute Gasteiger partial charge is 0.486 e. The van der Waals surface area contributed by atoms with Crippen molar-refractivity contribution in [2.75, 3.05) is 36.9 Å². The van der Waals surface area contributed by atoms with Gasteiger partial charge in [-0.2, -0.15) is 0 Å². The zero-order chi connectivity index (χ0) is 13.2. The number of nitrogen functional groups attached to an aromatic ring is 1. The lowest BCUT2D eigenvalue weighted by molar-refractivity contribution is 0.172. The van der Waals surface area contributed by atoms with E-state index in [1.54, 1.807) is 0 Å². The van der Waals surface area contributed by atoms with Gasteiger partial charge in [-0.25, -0.2) is 0 Å². The van der Waals surface area contributed by atoms with Crippen LogP contribution in [-0.4, -0.2) is 26.3 Å². The van der Waals surface area contributed by atoms with Gasteiger partial charge in [-0.15, -0.1) is 0 Å². The molecule has 0 spiro atoms. The third kappa shape index (κ3) is 2.44. The molecular weight excluding hydrogens is 240 g/mol. The molecule has 0 saturated carbocycles. The molecule has 0 aliphatic carbocycles. The maximum absolute atomic E-state index is 6.17. The van der Waals surface area contributed by atoms with Crippen molar-refractivity contribution < 1.29 is 9.47 Å². The first kappa shape index (κ1) is 12.5. The Kier molecular flexibility index (Phi) is 3.40. The molecule has 2 heterocycles. The van der Waals surface area contributed by atoms with Gasteiger partial charge in [0.1, 0.15) is 13.2 Å². The van der Waals surface area contributed by atoms with E-state index in [-0.39, 0.29) is 0 Å². The highest BCUT2D eigenvalue weighted by atomic mass is 16.6. The number of rotatable bonds is 3. The standard InChI is InChI=1S/C15H22N2O2/c1-2-3-11-4-5-17(10-11)13-9-15-14(8-12(13)16)18-6-7-19-15/h8-9,11H,2-7,10,16H2,1H3. The Hall–Kier alpha value is -1.58. The molecule has 104 valence electrons. The van der Waals surface area contributed by atoms with Gasteiger partial charge in [0.05, 0.1) is 11.4 Å². The Labute approximate surface area is 114 Å². The maximum Gasteiger partial charge on any atom is 0.163 e. The predicted octanol–water partition coefficient (Wildman–Crippen LogP) is 2.67. The molecule has 3 rings (SSSR count). The van der Waals surface area contributed by atoms with Crippen LogP contribution in [0.3, 0.4) is 0 Å². The first-order valence-electron chi connectivity index (χ1n) is 7.22. The zero-order valence-electron chi connectivity index (χ0n) is 11.5. The molecule has 1 fully saturated rings. The molecule has 4 heteroatoms. The first-order valence-corrected chi connectivity index (χ1v) is 7.22. The third-order valence-corrected chi connectivity index (χ3v) is 4.01. The van der Waals surface area contributed by atoms with Gasteiger partial charge in [-0.05, 0) is 18.8 Å². The van der Waals surface area contributed by atoms with E-state index in [2.05, 4.69) is 11.8 Å². The molecule has 1 unspecified atom stereocenters. The number of hydrogen-bond acceptors (Lipinski definition) is 4. The number of ether oxygens (including phenoxy) is 2. The van der Waals surface area contributed by atoms with E-state index in [1.807, 2.05) is 12.1 Å². The summed E-state index contributed by atoms with van der Waals surface area (Å²) in [5.74, 6) is 2.41. The fourth-order valence-corrected chi connectivity index (χ4v) is 3.06. The van der Waals surface area contributed by atoms with Crippen LogP contribution in [0, 0.1) is 5.92 Å². The second-order valence-electron chi connectivity index (χ2n) is 5.44. The van der Waals surface area contributed by atoms with Crippen LogP contribution in [0.5, 0.6) is 11.5 Å². The summed E-state index contributed by atoms with van der Waals surface area (Å²) in [6.07, 6.45) is 3.83. The number of benzene rings is 1. The van der Waals surface area contributed by atoms with Crippen molar-refractivity contribution in [1.29, 1.82) is 0 Å². The van der Waals surface area contributed by atoms with Crippen LogP contribution in [0.25, 0.3) is 0 Å². The Morgan fingerprint density at radius 3 is 2.74 bits per heavy atom. The van der Waals surface area contributed by atoms with E-state index in [0.29, 0.717) is 13.2 Å². The van der Waals surface area contributed by atoms with Gasteiger partial charge in [-0.1, -0.05) is 13.3 Å². The molecule has 1 saturated heterocycles. The van der Waals surface area contributed by atoms with Crippen LogP contribution in [0.2, 0.25) is 0 Å². The van der Waals surface area contributed by atoms with Crippen LogP contribution in [-0.2, 0) is 0 Å². The summed E-state index contributed by atoms with van der Waals surface area (Å²) in [6, 6.07) is 3.94. The van der Waals surface area contributed by atoms with Gasteiger partial charge in [0.2, 0.25) is 0 Å². The van der Waals surface area contributed by atoms with Crippen molar-refractivity contribution in [1.82, 2.24) is 0 Å². The summed E-state index contributed by atoms with van der Waals surface area (Å²) in [6.45, 7) is 5.68. The maximum atomic E-state index is 6.17. The molecule has 1 atom stereocenters. The topological polar surface area (TPSA) is 47.7 Å². The normalized spacial score (nSPS) is 21.7. The quantitative estimate of drug-likeness (QED) is 0.851. The van der Waals surface area contributed by atoms with Gasteiger partial charge in [0.25, 0.3) is 0 Å². The molecule has 2 aliphatic rings. The summed E-state index contributed by atoms with van der Waals surface area (Å²) in [4.78, 5) is 2.38. The lowest BCUT2D eigenvalue weighted by Gasteiger charge is -2.25. The van der Waals surface area contributed by atoms with Gasteiger partial charge >= 0.3 is 0 Å². The Morgan fingerprint density at radius 2 is 2.00 bits per heavy atom. The van der Waals surface area contributed by atoms with Crippen molar-refractivity contribution >= 4 is 11.4 Å².